The number of aromatic nitrogens is 2. The fourth-order valence-corrected chi connectivity index (χ4v) is 5.28. The number of rotatable bonds is 8. The van der Waals surface area contributed by atoms with E-state index in [-0.39, 0.29) is 0 Å². The van der Waals surface area contributed by atoms with Crippen molar-refractivity contribution in [3.63, 3.8) is 0 Å². The second kappa shape index (κ2) is 9.37. The van der Waals surface area contributed by atoms with Crippen LogP contribution in [0.1, 0.15) is 13.8 Å². The van der Waals surface area contributed by atoms with Crippen molar-refractivity contribution < 1.29 is 9.30 Å². The molecule has 1 heterocycles. The number of hydrogen-bond acceptors (Lipinski definition) is 7. The average molecular weight is 446 g/mol. The van der Waals surface area contributed by atoms with Crippen molar-refractivity contribution in [3.05, 3.63) is 53.7 Å². The molecular formula is C21H25ClN5O2P. The van der Waals surface area contributed by atoms with Gasteiger partial charge in [-0.1, -0.05) is 37.6 Å². The van der Waals surface area contributed by atoms with Crippen LogP contribution in [0.25, 0.3) is 0 Å². The van der Waals surface area contributed by atoms with Gasteiger partial charge in [0.2, 0.25) is 5.95 Å². The maximum absolute atomic E-state index is 13.3. The molecule has 0 saturated carbocycles. The summed E-state index contributed by atoms with van der Waals surface area (Å²) < 4.78 is 18.7. The smallest absolute Gasteiger partial charge is 0.229 e. The van der Waals surface area contributed by atoms with Crippen molar-refractivity contribution in [3.8, 4) is 5.75 Å². The molecule has 3 rings (SSSR count). The number of methoxy groups -OCH3 is 1. The van der Waals surface area contributed by atoms with Crippen LogP contribution in [0.5, 0.6) is 5.75 Å². The SMILES string of the molecule is CCP(=O)(CC)c1ccccc1Nc1nc(Nc2cc(N)ccc2OC)ncc1Cl. The maximum Gasteiger partial charge on any atom is 0.229 e. The first-order valence-electron chi connectivity index (χ1n) is 9.58. The largest absolute Gasteiger partial charge is 0.495 e. The zero-order valence-corrected chi connectivity index (χ0v) is 18.8. The molecule has 1 aromatic heterocycles. The molecule has 3 aromatic rings. The minimum atomic E-state index is -2.50. The fraction of sp³-hybridized carbons (Fsp3) is 0.238. The van der Waals surface area contributed by atoms with E-state index >= 15 is 0 Å². The predicted molar refractivity (Wildman–Crippen MR) is 126 cm³/mol. The van der Waals surface area contributed by atoms with Gasteiger partial charge in [0.25, 0.3) is 0 Å². The topological polar surface area (TPSA) is 102 Å². The Labute approximate surface area is 181 Å². The highest BCUT2D eigenvalue weighted by Gasteiger charge is 2.23. The Morgan fingerprint density at radius 1 is 1.10 bits per heavy atom. The van der Waals surface area contributed by atoms with Gasteiger partial charge >= 0.3 is 0 Å². The lowest BCUT2D eigenvalue weighted by Crippen LogP contribution is -2.14. The van der Waals surface area contributed by atoms with E-state index in [1.807, 2.05) is 38.1 Å². The second-order valence-corrected chi connectivity index (χ2v) is 10.6. The van der Waals surface area contributed by atoms with Crippen LogP contribution in [0.4, 0.5) is 28.8 Å². The Hall–Kier alpha value is -2.76. The van der Waals surface area contributed by atoms with Crippen LogP contribution in [-0.2, 0) is 4.57 Å². The average Bonchev–Trinajstić information content (AvgIpc) is 2.76. The Morgan fingerprint density at radius 3 is 2.53 bits per heavy atom. The van der Waals surface area contributed by atoms with Gasteiger partial charge in [-0.05, 0) is 30.3 Å². The van der Waals surface area contributed by atoms with Crippen molar-refractivity contribution in [2.24, 2.45) is 0 Å². The minimum Gasteiger partial charge on any atom is -0.495 e. The molecule has 0 amide bonds. The lowest BCUT2D eigenvalue weighted by atomic mass is 10.2. The van der Waals surface area contributed by atoms with E-state index in [9.17, 15) is 4.57 Å². The van der Waals surface area contributed by atoms with Crippen molar-refractivity contribution in [2.75, 3.05) is 35.8 Å². The molecule has 4 N–H and O–H groups in total. The monoisotopic (exact) mass is 445 g/mol. The maximum atomic E-state index is 13.3. The van der Waals surface area contributed by atoms with Crippen molar-refractivity contribution in [1.29, 1.82) is 0 Å². The lowest BCUT2D eigenvalue weighted by Gasteiger charge is -2.20. The summed E-state index contributed by atoms with van der Waals surface area (Å²) >= 11 is 6.34. The molecule has 0 aliphatic carbocycles. The lowest BCUT2D eigenvalue weighted by molar-refractivity contribution is 0.417. The molecule has 0 atom stereocenters. The highest BCUT2D eigenvalue weighted by molar-refractivity contribution is 7.71. The number of benzene rings is 2. The molecule has 0 unspecified atom stereocenters. The number of ether oxygens (including phenoxy) is 1. The number of nitrogen functional groups attached to an aromatic ring is 1. The summed E-state index contributed by atoms with van der Waals surface area (Å²) in [4.78, 5) is 8.73. The molecule has 158 valence electrons. The van der Waals surface area contributed by atoms with E-state index in [1.54, 1.807) is 25.3 Å². The van der Waals surface area contributed by atoms with E-state index in [0.29, 0.717) is 46.2 Å². The Balaban J connectivity index is 1.95. The van der Waals surface area contributed by atoms with E-state index in [1.165, 1.54) is 6.20 Å². The zero-order chi connectivity index (χ0) is 21.7. The quantitative estimate of drug-likeness (QED) is 0.322. The molecule has 0 radical (unpaired) electrons. The van der Waals surface area contributed by atoms with Crippen LogP contribution in [0.2, 0.25) is 5.02 Å². The fourth-order valence-electron chi connectivity index (χ4n) is 3.09. The summed E-state index contributed by atoms with van der Waals surface area (Å²) in [6.45, 7) is 3.89. The summed E-state index contributed by atoms with van der Waals surface area (Å²) in [5.74, 6) is 1.33. The van der Waals surface area contributed by atoms with Crippen LogP contribution in [0.15, 0.2) is 48.7 Å². The molecule has 30 heavy (non-hydrogen) atoms. The zero-order valence-electron chi connectivity index (χ0n) is 17.1. The number of halogens is 1. The van der Waals surface area contributed by atoms with Crippen molar-refractivity contribution in [1.82, 2.24) is 9.97 Å². The number of para-hydroxylation sites is 1. The van der Waals surface area contributed by atoms with Crippen LogP contribution < -0.4 is 26.4 Å². The number of nitrogens with one attached hydrogen (secondary N) is 2. The van der Waals surface area contributed by atoms with Crippen LogP contribution in [0.3, 0.4) is 0 Å². The first-order chi connectivity index (χ1) is 14.4. The van der Waals surface area contributed by atoms with Crippen LogP contribution >= 0.6 is 18.7 Å². The highest BCUT2D eigenvalue weighted by atomic mass is 35.5. The third-order valence-electron chi connectivity index (χ3n) is 4.83. The molecule has 2 aromatic carbocycles. The molecule has 0 aliphatic heterocycles. The standard InChI is InChI=1S/C21H25ClN5O2P/c1-4-30(28,5-2)19-9-7-6-8-16(19)25-20-15(22)13-24-21(27-20)26-17-12-14(23)10-11-18(17)29-3/h6-13H,4-5,23H2,1-3H3,(H2,24,25,26,27). The normalized spacial score (nSPS) is 11.2. The molecule has 0 spiro atoms. The highest BCUT2D eigenvalue weighted by Crippen LogP contribution is 2.46. The third-order valence-corrected chi connectivity index (χ3v) is 8.42. The number of nitrogens with two attached hydrogens (primary N) is 1. The predicted octanol–water partition coefficient (Wildman–Crippen LogP) is 5.24. The van der Waals surface area contributed by atoms with E-state index in [4.69, 9.17) is 22.1 Å². The summed E-state index contributed by atoms with van der Waals surface area (Å²) in [7, 11) is -0.929. The number of nitrogens with zero attached hydrogens (tertiary/aromatic N) is 2. The summed E-state index contributed by atoms with van der Waals surface area (Å²) in [6, 6.07) is 12.8. The van der Waals surface area contributed by atoms with Crippen LogP contribution in [0, 0.1) is 0 Å². The molecular weight excluding hydrogens is 421 g/mol. The first-order valence-corrected chi connectivity index (χ1v) is 12.0. The minimum absolute atomic E-state index is 0.317. The van der Waals surface area contributed by atoms with Gasteiger partial charge in [-0.2, -0.15) is 4.98 Å². The first kappa shape index (κ1) is 21.9. The Morgan fingerprint density at radius 2 is 1.83 bits per heavy atom. The Bertz CT molecular complexity index is 1080. The third kappa shape index (κ3) is 4.69. The van der Waals surface area contributed by atoms with Gasteiger partial charge in [0.05, 0.1) is 24.7 Å². The summed E-state index contributed by atoms with van der Waals surface area (Å²) in [5, 5.41) is 7.47. The van der Waals surface area contributed by atoms with E-state index in [2.05, 4.69) is 20.6 Å². The second-order valence-electron chi connectivity index (χ2n) is 6.64. The van der Waals surface area contributed by atoms with Gasteiger partial charge in [0.1, 0.15) is 17.9 Å². The molecule has 0 saturated heterocycles. The van der Waals surface area contributed by atoms with Gasteiger partial charge in [-0.3, -0.25) is 0 Å². The van der Waals surface area contributed by atoms with Gasteiger partial charge in [0, 0.05) is 23.3 Å². The van der Waals surface area contributed by atoms with E-state index < -0.39 is 7.14 Å². The number of anilines is 5. The van der Waals surface area contributed by atoms with Crippen molar-refractivity contribution >= 4 is 52.9 Å². The Kier molecular flexibility index (Phi) is 6.85. The van der Waals surface area contributed by atoms with E-state index in [0.717, 1.165) is 11.0 Å². The van der Waals surface area contributed by atoms with Gasteiger partial charge in [0.15, 0.2) is 5.82 Å². The van der Waals surface area contributed by atoms with Gasteiger partial charge < -0.3 is 25.7 Å². The molecule has 7 nitrogen and oxygen atoms in total. The molecule has 0 bridgehead atoms. The van der Waals surface area contributed by atoms with Crippen molar-refractivity contribution in [2.45, 2.75) is 13.8 Å². The number of hydrogen-bond donors (Lipinski definition) is 3. The summed E-state index contributed by atoms with van der Waals surface area (Å²) in [5.41, 5.74) is 7.81. The van der Waals surface area contributed by atoms with Crippen LogP contribution in [-0.4, -0.2) is 29.4 Å². The van der Waals surface area contributed by atoms with Gasteiger partial charge in [-0.15, -0.1) is 0 Å². The molecule has 0 fully saturated rings. The van der Waals surface area contributed by atoms with Gasteiger partial charge in [-0.25, -0.2) is 4.98 Å². The summed E-state index contributed by atoms with van der Waals surface area (Å²) in [6.07, 6.45) is 2.67. The molecule has 9 heteroatoms. The molecule has 0 aliphatic rings.